The van der Waals surface area contributed by atoms with Crippen LogP contribution >= 0.6 is 0 Å². The van der Waals surface area contributed by atoms with Crippen LogP contribution < -0.4 is 0 Å². The quantitative estimate of drug-likeness (QED) is 0.537. The van der Waals surface area contributed by atoms with E-state index >= 15 is 0 Å². The molecule has 0 radical (unpaired) electrons. The molecule has 4 bridgehead atoms. The van der Waals surface area contributed by atoms with E-state index < -0.39 is 0 Å². The van der Waals surface area contributed by atoms with Crippen LogP contribution in [-0.4, -0.2) is 0 Å². The average molecular weight is 208 g/mol. The lowest BCUT2D eigenvalue weighted by Gasteiger charge is -2.26. The lowest BCUT2D eigenvalue weighted by molar-refractivity contribution is 0.249. The number of hydrogen-bond donors (Lipinski definition) is 0. The molecule has 2 unspecified atom stereocenters. The largest absolute Gasteiger partial charge is 0.0839 e. The molecule has 0 aromatic heterocycles. The van der Waals surface area contributed by atoms with Gasteiger partial charge in [0.1, 0.15) is 0 Å². The highest BCUT2D eigenvalue weighted by molar-refractivity contribution is 5.59. The van der Waals surface area contributed by atoms with Crippen molar-refractivity contribution in [2.24, 2.45) is 63.6 Å². The van der Waals surface area contributed by atoms with Crippen LogP contribution in [0.15, 0.2) is 12.2 Å². The minimum Gasteiger partial charge on any atom is -0.0839 e. The molecule has 0 heterocycles. The fraction of sp³-hybridized carbons (Fsp3) is 0.875. The van der Waals surface area contributed by atoms with E-state index in [1.165, 1.54) is 35.5 Å². The van der Waals surface area contributed by atoms with Crippen molar-refractivity contribution in [1.82, 2.24) is 0 Å². The van der Waals surface area contributed by atoms with Gasteiger partial charge in [0, 0.05) is 0 Å². The minimum atomic E-state index is 0.882. The van der Waals surface area contributed by atoms with Gasteiger partial charge in [-0.2, -0.15) is 0 Å². The van der Waals surface area contributed by atoms with Gasteiger partial charge >= 0.3 is 0 Å². The molecule has 8 saturated carbocycles. The zero-order chi connectivity index (χ0) is 9.65. The molecule has 0 aliphatic heterocycles. The maximum absolute atomic E-state index is 2.72. The van der Waals surface area contributed by atoms with Gasteiger partial charge in [-0.3, -0.25) is 0 Å². The SMILES string of the molecule is C1=C[C@H]2C3(CC3)[C@@H]1C13[C@H]4C5CC([C@@H]6[C@@H]5C621)[C@@H]43. The van der Waals surface area contributed by atoms with Crippen molar-refractivity contribution >= 4 is 0 Å². The van der Waals surface area contributed by atoms with E-state index in [0.717, 1.165) is 28.1 Å². The van der Waals surface area contributed by atoms with Crippen LogP contribution in [0.3, 0.4) is 0 Å². The van der Waals surface area contributed by atoms with Crippen molar-refractivity contribution in [3.8, 4) is 0 Å². The summed E-state index contributed by atoms with van der Waals surface area (Å²) in [6.45, 7) is 0. The van der Waals surface area contributed by atoms with Crippen LogP contribution in [0.2, 0.25) is 0 Å². The summed E-state index contributed by atoms with van der Waals surface area (Å²) in [7, 11) is 0. The summed E-state index contributed by atoms with van der Waals surface area (Å²) in [5, 5.41) is 0. The summed E-state index contributed by atoms with van der Waals surface area (Å²) < 4.78 is 0. The van der Waals surface area contributed by atoms with E-state index in [1.54, 1.807) is 19.3 Å². The highest BCUT2D eigenvalue weighted by Crippen LogP contribution is 3.13. The standard InChI is InChI=1S/C16H16/c1-2-9-14(3-4-14)8(1)15-10-6-5-7(11(10)15)13-12(6)16(9,13)15/h1-2,6-13H,3-5H2/t6?,7?,8-,9+,10+,11+,12-,13-,15?,16?. The molecular weight excluding hydrogens is 192 g/mol. The van der Waals surface area contributed by atoms with Crippen molar-refractivity contribution in [3.05, 3.63) is 12.2 Å². The first-order valence-corrected chi connectivity index (χ1v) is 7.58. The predicted molar refractivity (Wildman–Crippen MR) is 58.2 cm³/mol. The molecule has 0 heteroatoms. The van der Waals surface area contributed by atoms with Gasteiger partial charge < -0.3 is 0 Å². The lowest BCUT2D eigenvalue weighted by atomic mass is 9.77. The van der Waals surface area contributed by atoms with E-state index in [0.29, 0.717) is 0 Å². The Bertz CT molecular complexity index is 486. The number of allylic oxidation sites excluding steroid dienone is 2. The third kappa shape index (κ3) is 0.271. The molecule has 0 nitrogen and oxygen atoms in total. The third-order valence-electron chi connectivity index (χ3n) is 9.49. The van der Waals surface area contributed by atoms with Crippen molar-refractivity contribution < 1.29 is 0 Å². The van der Waals surface area contributed by atoms with Gasteiger partial charge in [-0.1, -0.05) is 12.2 Å². The molecule has 0 N–H and O–H groups in total. The third-order valence-corrected chi connectivity index (χ3v) is 9.49. The molecule has 0 aromatic rings. The van der Waals surface area contributed by atoms with Crippen LogP contribution in [0.4, 0.5) is 0 Å². The number of hydrogen-bond acceptors (Lipinski definition) is 0. The summed E-state index contributed by atoms with van der Waals surface area (Å²) in [6.07, 6.45) is 10.3. The molecule has 8 fully saturated rings. The van der Waals surface area contributed by atoms with Crippen molar-refractivity contribution in [2.75, 3.05) is 0 Å². The van der Waals surface area contributed by atoms with E-state index in [9.17, 15) is 0 Å². The molecule has 3 spiro atoms. The van der Waals surface area contributed by atoms with Crippen LogP contribution in [0, 0.1) is 63.6 Å². The molecule has 0 aromatic carbocycles. The highest BCUT2D eigenvalue weighted by Gasteiger charge is 3.10. The van der Waals surface area contributed by atoms with E-state index in [4.69, 9.17) is 0 Å². The molecular formula is C16H16. The summed E-state index contributed by atoms with van der Waals surface area (Å²) >= 11 is 0. The second-order valence-electron chi connectivity index (χ2n) is 8.61. The van der Waals surface area contributed by atoms with Gasteiger partial charge in [-0.25, -0.2) is 0 Å². The normalized spacial score (nSPS) is 90.5. The first kappa shape index (κ1) is 6.61. The van der Waals surface area contributed by atoms with Gasteiger partial charge in [0.2, 0.25) is 0 Å². The Kier molecular flexibility index (Phi) is 0.526. The Labute approximate surface area is 95.5 Å². The zero-order valence-corrected chi connectivity index (χ0v) is 9.39. The second-order valence-corrected chi connectivity index (χ2v) is 8.61. The lowest BCUT2D eigenvalue weighted by Crippen LogP contribution is -2.23. The fourth-order valence-electron chi connectivity index (χ4n) is 10.1. The molecule has 16 heavy (non-hydrogen) atoms. The summed E-state index contributed by atoms with van der Waals surface area (Å²) in [6, 6.07) is 0. The Balaban J connectivity index is 1.60. The van der Waals surface area contributed by atoms with Gasteiger partial charge in [0.25, 0.3) is 0 Å². The molecule has 0 amide bonds. The highest BCUT2D eigenvalue weighted by atomic mass is 15.1. The van der Waals surface area contributed by atoms with E-state index in [-0.39, 0.29) is 0 Å². The van der Waals surface area contributed by atoms with Crippen LogP contribution in [0.25, 0.3) is 0 Å². The molecule has 9 rings (SSSR count). The fourth-order valence-corrected chi connectivity index (χ4v) is 10.1. The Morgan fingerprint density at radius 1 is 0.750 bits per heavy atom. The van der Waals surface area contributed by atoms with Gasteiger partial charge in [0.15, 0.2) is 0 Å². The van der Waals surface area contributed by atoms with Crippen LogP contribution in [0.1, 0.15) is 19.3 Å². The Hall–Kier alpha value is -0.260. The van der Waals surface area contributed by atoms with E-state index in [2.05, 4.69) is 12.2 Å². The van der Waals surface area contributed by atoms with Crippen molar-refractivity contribution in [2.45, 2.75) is 19.3 Å². The number of rotatable bonds is 0. The zero-order valence-electron chi connectivity index (χ0n) is 9.39. The van der Waals surface area contributed by atoms with E-state index in [1.807, 2.05) is 0 Å². The Morgan fingerprint density at radius 3 is 1.69 bits per heavy atom. The predicted octanol–water partition coefficient (Wildman–Crippen LogP) is 2.71. The smallest absolute Gasteiger partial charge is 0.00931 e. The summed E-state index contributed by atoms with van der Waals surface area (Å²) in [5.41, 5.74) is 2.81. The molecule has 0 saturated heterocycles. The maximum Gasteiger partial charge on any atom is -0.00931 e. The molecule has 9 aliphatic rings. The van der Waals surface area contributed by atoms with Crippen molar-refractivity contribution in [1.29, 1.82) is 0 Å². The van der Waals surface area contributed by atoms with Crippen LogP contribution in [0.5, 0.6) is 0 Å². The topological polar surface area (TPSA) is 0 Å². The maximum atomic E-state index is 2.72. The Morgan fingerprint density at radius 2 is 1.25 bits per heavy atom. The van der Waals surface area contributed by atoms with Gasteiger partial charge in [-0.15, -0.1) is 0 Å². The van der Waals surface area contributed by atoms with Gasteiger partial charge in [-0.05, 0) is 82.9 Å². The first-order valence-electron chi connectivity index (χ1n) is 7.58. The molecule has 9 aliphatic carbocycles. The summed E-state index contributed by atoms with van der Waals surface area (Å²) in [5.74, 6) is 9.78. The molecule has 80 valence electrons. The van der Waals surface area contributed by atoms with Gasteiger partial charge in [0.05, 0.1) is 0 Å². The van der Waals surface area contributed by atoms with Crippen LogP contribution in [-0.2, 0) is 0 Å². The average Bonchev–Trinajstić information content (AvgIpc) is 3.16. The summed E-state index contributed by atoms with van der Waals surface area (Å²) in [4.78, 5) is 0. The first-order chi connectivity index (χ1) is 7.90. The monoisotopic (exact) mass is 208 g/mol. The molecule has 8 atom stereocenters. The van der Waals surface area contributed by atoms with Crippen molar-refractivity contribution in [3.63, 3.8) is 0 Å². The minimum absolute atomic E-state index is 0.882. The second kappa shape index (κ2) is 1.27.